The summed E-state index contributed by atoms with van der Waals surface area (Å²) >= 11 is 0. The normalized spacial score (nSPS) is 53.4. The molecule has 6 rings (SSSR count). The van der Waals surface area contributed by atoms with Gasteiger partial charge < -0.3 is 154 Å². The zero-order valence-corrected chi connectivity index (χ0v) is 35.0. The summed E-state index contributed by atoms with van der Waals surface area (Å²) in [7, 11) is 0. The van der Waals surface area contributed by atoms with Crippen molar-refractivity contribution in [2.45, 2.75) is 184 Å². The van der Waals surface area contributed by atoms with E-state index in [1.165, 1.54) is 0 Å². The third kappa shape index (κ3) is 11.4. The van der Waals surface area contributed by atoms with Crippen LogP contribution in [0, 0.1) is 0 Å². The number of rotatable bonds is 16. The van der Waals surface area contributed by atoms with Gasteiger partial charge in [-0.15, -0.1) is 0 Å². The molecule has 6 fully saturated rings. The Morgan fingerprint density at radius 1 is 0.254 bits per heavy atom. The zero-order valence-electron chi connectivity index (χ0n) is 35.0. The van der Waals surface area contributed by atoms with Crippen LogP contribution in [0.1, 0.15) is 0 Å². The van der Waals surface area contributed by atoms with E-state index in [1.807, 2.05) is 0 Å². The number of aliphatic hydroxyl groups is 20. The summed E-state index contributed by atoms with van der Waals surface area (Å²) in [5.74, 6) is 0. The third-order valence-electron chi connectivity index (χ3n) is 12.4. The Bertz CT molecular complexity index is 1510. The fourth-order valence-corrected chi connectivity index (χ4v) is 8.35. The van der Waals surface area contributed by atoms with Crippen molar-refractivity contribution in [3.63, 3.8) is 0 Å². The Morgan fingerprint density at radius 3 is 1.03 bits per heavy atom. The van der Waals surface area contributed by atoms with Crippen LogP contribution in [0.3, 0.4) is 0 Å². The van der Waals surface area contributed by atoms with Gasteiger partial charge in [-0.3, -0.25) is 0 Å². The summed E-state index contributed by atoms with van der Waals surface area (Å²) in [6.45, 7) is -5.57. The van der Waals surface area contributed by atoms with E-state index >= 15 is 0 Å². The molecule has 6 saturated heterocycles. The first-order valence-electron chi connectivity index (χ1n) is 21.1. The summed E-state index contributed by atoms with van der Waals surface area (Å²) in [6.07, 6.45) is -57.9. The van der Waals surface area contributed by atoms with Crippen molar-refractivity contribution in [2.24, 2.45) is 0 Å². The molecule has 0 saturated carbocycles. The molecule has 1 unspecified atom stereocenters. The molecule has 0 bridgehead atoms. The smallest absolute Gasteiger partial charge is 0.187 e. The molecule has 30 atom stereocenters. The van der Waals surface area contributed by atoms with Crippen molar-refractivity contribution in [2.75, 3.05) is 39.6 Å². The summed E-state index contributed by atoms with van der Waals surface area (Å²) in [6, 6.07) is 0. The maximum Gasteiger partial charge on any atom is 0.187 e. The lowest BCUT2D eigenvalue weighted by Crippen LogP contribution is -2.68. The van der Waals surface area contributed by atoms with Crippen molar-refractivity contribution >= 4 is 0 Å². The molecule has 0 aromatic heterocycles. The van der Waals surface area contributed by atoms with Crippen molar-refractivity contribution in [1.29, 1.82) is 0 Å². The molecular weight excluding hydrogens is 928 g/mol. The fraction of sp³-hybridized carbons (Fsp3) is 1.00. The second-order valence-corrected chi connectivity index (χ2v) is 16.8. The molecule has 392 valence electrons. The van der Waals surface area contributed by atoms with Gasteiger partial charge in [0.15, 0.2) is 37.7 Å². The predicted octanol–water partition coefficient (Wildman–Crippen LogP) is -14.1. The van der Waals surface area contributed by atoms with Crippen LogP contribution in [-0.2, 0) is 52.1 Å². The predicted molar refractivity (Wildman–Crippen MR) is 199 cm³/mol. The van der Waals surface area contributed by atoms with Gasteiger partial charge in [0, 0.05) is 0 Å². The third-order valence-corrected chi connectivity index (χ3v) is 12.4. The van der Waals surface area contributed by atoms with Gasteiger partial charge in [-0.05, 0) is 0 Å². The number of hydrogen-bond donors (Lipinski definition) is 20. The topological polar surface area (TPSA) is 506 Å². The van der Waals surface area contributed by atoms with Gasteiger partial charge in [-0.25, -0.2) is 0 Å². The minimum absolute atomic E-state index is 0.845. The second kappa shape index (κ2) is 23.5. The van der Waals surface area contributed by atoms with Crippen LogP contribution in [0.15, 0.2) is 0 Å². The van der Waals surface area contributed by atoms with Gasteiger partial charge in [0.2, 0.25) is 0 Å². The van der Waals surface area contributed by atoms with Crippen molar-refractivity contribution in [3.8, 4) is 0 Å². The molecule has 0 radical (unpaired) electrons. The Morgan fingerprint density at radius 2 is 0.567 bits per heavy atom. The highest BCUT2D eigenvalue weighted by Crippen LogP contribution is 2.36. The Balaban J connectivity index is 1.18. The summed E-state index contributed by atoms with van der Waals surface area (Å²) in [5, 5.41) is 210. The average molecular weight is 991 g/mol. The molecule has 31 heteroatoms. The van der Waals surface area contributed by atoms with E-state index in [0.717, 1.165) is 0 Å². The van der Waals surface area contributed by atoms with Crippen LogP contribution in [0.25, 0.3) is 0 Å². The van der Waals surface area contributed by atoms with Gasteiger partial charge in [0.25, 0.3) is 0 Å². The molecular formula is C36H62O31. The average Bonchev–Trinajstić information content (AvgIpc) is 3.31. The molecule has 0 aliphatic carbocycles. The van der Waals surface area contributed by atoms with E-state index in [4.69, 9.17) is 52.1 Å². The maximum absolute atomic E-state index is 11.4. The fourth-order valence-electron chi connectivity index (χ4n) is 8.35. The minimum Gasteiger partial charge on any atom is -0.394 e. The van der Waals surface area contributed by atoms with E-state index in [9.17, 15) is 102 Å². The molecule has 31 nitrogen and oxygen atoms in total. The van der Waals surface area contributed by atoms with Gasteiger partial charge in [0.1, 0.15) is 146 Å². The SMILES string of the molecule is OC[C@H]1O[C@H](O[C@@H]2[C@H](O)[C@@H](O[C@@H]3[C@@H](O[C@@H]4[C@@H](OC[C@H]5OC(O)[C@@H](O[C@H]6O[C@H](CO)[C@@H](O)[C@H](O)[C@@H]6O)[C@@H](O)[C@@H]5O)O[C@H](CO)[C@@H](O)[C@@H]4O)O[C@H](CO)[C@@H](O)[C@@H]3O)O[C@H](CO)[C@H]2O)[C@@H](O)[C@@H](O)[C@@H]1O. The lowest BCUT2D eigenvalue weighted by atomic mass is 9.95. The lowest BCUT2D eigenvalue weighted by molar-refractivity contribution is -0.402. The molecule has 0 aromatic carbocycles. The quantitative estimate of drug-likeness (QED) is 0.0683. The first-order valence-corrected chi connectivity index (χ1v) is 21.1. The molecule has 20 N–H and O–H groups in total. The van der Waals surface area contributed by atoms with E-state index < -0.39 is 224 Å². The van der Waals surface area contributed by atoms with Crippen molar-refractivity contribution < 1.29 is 154 Å². The van der Waals surface area contributed by atoms with Crippen LogP contribution >= 0.6 is 0 Å². The molecule has 67 heavy (non-hydrogen) atoms. The Labute approximate surface area is 378 Å². The molecule has 6 aliphatic rings. The minimum atomic E-state index is -2.20. The van der Waals surface area contributed by atoms with E-state index in [-0.39, 0.29) is 0 Å². The Kier molecular flexibility index (Phi) is 19.4. The Hall–Kier alpha value is -1.24. The van der Waals surface area contributed by atoms with Crippen LogP contribution in [0.4, 0.5) is 0 Å². The molecule has 0 amide bonds. The molecule has 6 heterocycles. The number of hydrogen-bond acceptors (Lipinski definition) is 31. The zero-order chi connectivity index (χ0) is 49.3. The number of ether oxygens (including phenoxy) is 11. The monoisotopic (exact) mass is 990 g/mol. The van der Waals surface area contributed by atoms with E-state index in [2.05, 4.69) is 0 Å². The van der Waals surface area contributed by atoms with E-state index in [1.54, 1.807) is 0 Å². The standard InChI is InChI=1S/C36H62O31/c37-1-7-13(42)19(48)24(53)32(59-7)64-27-18(47)11(5-41)61-34(26(27)55)66-30-23(52)16(45)10(4-40)63-36(30)67-29-22(51)15(44)9(3-39)62-35(29)57-6-12-17(46)21(50)28(31(56)58-12)65-33-25(54)20(49)14(43)8(2-38)60-33/h7-56H,1-6H2/t7-,8-,9-,10-,11-,12-,13-,14-,15-,16-,17-,18-,19+,20+,21+,22+,23+,24+,25+,26+,27+,28+,29+,30+,31?,32-,33-,34-,35+,36-/m1/s1. The second-order valence-electron chi connectivity index (χ2n) is 16.8. The van der Waals surface area contributed by atoms with Crippen molar-refractivity contribution in [3.05, 3.63) is 0 Å². The summed E-state index contributed by atoms with van der Waals surface area (Å²) < 4.78 is 61.1. The van der Waals surface area contributed by atoms with Crippen LogP contribution in [-0.4, -0.2) is 326 Å². The van der Waals surface area contributed by atoms with Crippen LogP contribution in [0.2, 0.25) is 0 Å². The first kappa shape index (κ1) is 55.1. The number of aliphatic hydroxyl groups excluding tert-OH is 20. The largest absolute Gasteiger partial charge is 0.394 e. The highest BCUT2D eigenvalue weighted by Gasteiger charge is 2.57. The molecule has 0 spiro atoms. The van der Waals surface area contributed by atoms with Gasteiger partial charge in [-0.1, -0.05) is 0 Å². The maximum atomic E-state index is 11.4. The summed E-state index contributed by atoms with van der Waals surface area (Å²) in [4.78, 5) is 0. The molecule has 0 aromatic rings. The first-order chi connectivity index (χ1) is 31.7. The highest BCUT2D eigenvalue weighted by atomic mass is 16.8. The van der Waals surface area contributed by atoms with Gasteiger partial charge in [-0.2, -0.15) is 0 Å². The van der Waals surface area contributed by atoms with Gasteiger partial charge >= 0.3 is 0 Å². The van der Waals surface area contributed by atoms with Gasteiger partial charge in [0.05, 0.1) is 39.6 Å². The summed E-state index contributed by atoms with van der Waals surface area (Å²) in [5.41, 5.74) is 0. The lowest BCUT2D eigenvalue weighted by Gasteiger charge is -2.49. The van der Waals surface area contributed by atoms with E-state index in [0.29, 0.717) is 0 Å². The van der Waals surface area contributed by atoms with Crippen LogP contribution in [0.5, 0.6) is 0 Å². The highest BCUT2D eigenvalue weighted by molar-refractivity contribution is 4.99. The van der Waals surface area contributed by atoms with Crippen molar-refractivity contribution in [1.82, 2.24) is 0 Å². The molecule has 6 aliphatic heterocycles. The van der Waals surface area contributed by atoms with Crippen LogP contribution < -0.4 is 0 Å².